The van der Waals surface area contributed by atoms with Crippen LogP contribution in [0.3, 0.4) is 0 Å². The zero-order valence-electron chi connectivity index (χ0n) is 12.0. The molecule has 2 N–H and O–H groups in total. The Labute approximate surface area is 123 Å². The van der Waals surface area contributed by atoms with Gasteiger partial charge in [-0.15, -0.1) is 0 Å². The Bertz CT molecular complexity index is 514. The van der Waals surface area contributed by atoms with E-state index in [0.29, 0.717) is 17.4 Å². The molecule has 1 aliphatic rings. The number of anilines is 1. The molecular weight excluding hydrogens is 278 g/mol. The van der Waals surface area contributed by atoms with Crippen LogP contribution in [0.25, 0.3) is 0 Å². The molecule has 0 aromatic carbocycles. The van der Waals surface area contributed by atoms with Crippen LogP contribution in [-0.4, -0.2) is 39.2 Å². The lowest BCUT2D eigenvalue weighted by atomic mass is 9.97. The molecule has 0 aliphatic carbocycles. The van der Waals surface area contributed by atoms with E-state index in [1.54, 1.807) is 24.8 Å². The van der Waals surface area contributed by atoms with Crippen molar-refractivity contribution in [2.24, 2.45) is 0 Å². The van der Waals surface area contributed by atoms with Crippen LogP contribution in [0.1, 0.15) is 32.3 Å². The quantitative estimate of drug-likeness (QED) is 0.825. The molecule has 1 unspecified atom stereocenters. The fraction of sp³-hybridized carbons (Fsp3) is 0.571. The van der Waals surface area contributed by atoms with Crippen molar-refractivity contribution < 1.29 is 9.90 Å². The summed E-state index contributed by atoms with van der Waals surface area (Å²) in [5, 5.41) is 13.4. The zero-order chi connectivity index (χ0) is 14.9. The molecule has 0 spiro atoms. The summed E-state index contributed by atoms with van der Waals surface area (Å²) < 4.78 is 0. The number of likely N-dealkylation sites (tertiary alicyclic amines) is 1. The molecule has 2 heterocycles. The van der Waals surface area contributed by atoms with Crippen LogP contribution in [0.5, 0.6) is 0 Å². The highest BCUT2D eigenvalue weighted by Crippen LogP contribution is 2.27. The van der Waals surface area contributed by atoms with Gasteiger partial charge in [0, 0.05) is 6.54 Å². The van der Waals surface area contributed by atoms with Crippen molar-refractivity contribution in [1.29, 1.82) is 0 Å². The Morgan fingerprint density at radius 1 is 1.60 bits per heavy atom. The minimum Gasteiger partial charge on any atom is -0.388 e. The maximum absolute atomic E-state index is 12.3. The number of hydrogen-bond acceptors (Lipinski definition) is 3. The van der Waals surface area contributed by atoms with Crippen LogP contribution in [-0.2, 0) is 0 Å². The summed E-state index contributed by atoms with van der Waals surface area (Å²) in [7, 11) is 0. The molecule has 110 valence electrons. The highest BCUT2D eigenvalue weighted by molar-refractivity contribution is 6.30. The Morgan fingerprint density at radius 3 is 2.90 bits per heavy atom. The van der Waals surface area contributed by atoms with Gasteiger partial charge in [0.25, 0.3) is 0 Å². The standard InChI is InChI=1S/C14H20ClN3O2/c1-9-7-10(8-16-12(9)15)17-13(19)18-6-4-5-11(18)14(2,3)20/h7-8,11,20H,4-6H2,1-3H3,(H,17,19). The first-order chi connectivity index (χ1) is 9.29. The van der Waals surface area contributed by atoms with Crippen molar-refractivity contribution in [2.75, 3.05) is 11.9 Å². The predicted octanol–water partition coefficient (Wildman–Crippen LogP) is 2.81. The van der Waals surface area contributed by atoms with Crippen LogP contribution < -0.4 is 5.32 Å². The minimum atomic E-state index is -0.901. The van der Waals surface area contributed by atoms with E-state index in [1.807, 2.05) is 6.92 Å². The van der Waals surface area contributed by atoms with Gasteiger partial charge in [-0.3, -0.25) is 0 Å². The molecule has 1 aromatic rings. The van der Waals surface area contributed by atoms with E-state index in [-0.39, 0.29) is 12.1 Å². The van der Waals surface area contributed by atoms with Gasteiger partial charge in [0.2, 0.25) is 0 Å². The molecule has 20 heavy (non-hydrogen) atoms. The molecule has 5 nitrogen and oxygen atoms in total. The number of carbonyl (C=O) groups excluding carboxylic acids is 1. The van der Waals surface area contributed by atoms with Gasteiger partial charge in [0.1, 0.15) is 5.15 Å². The number of nitrogens with zero attached hydrogens (tertiary/aromatic N) is 2. The SMILES string of the molecule is Cc1cc(NC(=O)N2CCCC2C(C)(C)O)cnc1Cl. The lowest BCUT2D eigenvalue weighted by Crippen LogP contribution is -2.49. The number of carbonyl (C=O) groups is 1. The van der Waals surface area contributed by atoms with Crippen molar-refractivity contribution >= 4 is 23.3 Å². The van der Waals surface area contributed by atoms with E-state index in [2.05, 4.69) is 10.3 Å². The van der Waals surface area contributed by atoms with E-state index < -0.39 is 5.60 Å². The average Bonchev–Trinajstić information content (AvgIpc) is 2.83. The van der Waals surface area contributed by atoms with Crippen molar-refractivity contribution in [1.82, 2.24) is 9.88 Å². The summed E-state index contributed by atoms with van der Waals surface area (Å²) in [6, 6.07) is 1.41. The first-order valence-corrected chi connectivity index (χ1v) is 7.09. The van der Waals surface area contributed by atoms with Gasteiger partial charge in [-0.1, -0.05) is 11.6 Å². The molecule has 1 saturated heterocycles. The number of hydrogen-bond donors (Lipinski definition) is 2. The third kappa shape index (κ3) is 3.22. The molecule has 0 bridgehead atoms. The van der Waals surface area contributed by atoms with Crippen LogP contribution >= 0.6 is 11.6 Å². The van der Waals surface area contributed by atoms with E-state index in [1.165, 1.54) is 6.20 Å². The maximum atomic E-state index is 12.3. The molecule has 0 radical (unpaired) electrons. The van der Waals surface area contributed by atoms with Crippen molar-refractivity contribution in [2.45, 2.75) is 45.3 Å². The Morgan fingerprint density at radius 2 is 2.30 bits per heavy atom. The van der Waals surface area contributed by atoms with E-state index in [0.717, 1.165) is 18.4 Å². The second kappa shape index (κ2) is 5.58. The Hall–Kier alpha value is -1.33. The number of aliphatic hydroxyl groups is 1. The molecule has 1 aliphatic heterocycles. The monoisotopic (exact) mass is 297 g/mol. The highest BCUT2D eigenvalue weighted by atomic mass is 35.5. The minimum absolute atomic E-state index is 0.163. The third-order valence-corrected chi connectivity index (χ3v) is 3.99. The smallest absolute Gasteiger partial charge is 0.322 e. The van der Waals surface area contributed by atoms with Crippen LogP contribution in [0, 0.1) is 6.92 Å². The summed E-state index contributed by atoms with van der Waals surface area (Å²) in [4.78, 5) is 18.0. The van der Waals surface area contributed by atoms with E-state index in [4.69, 9.17) is 11.6 Å². The largest absolute Gasteiger partial charge is 0.388 e. The van der Waals surface area contributed by atoms with Crippen LogP contribution in [0.15, 0.2) is 12.3 Å². The molecule has 2 rings (SSSR count). The molecule has 1 fully saturated rings. The topological polar surface area (TPSA) is 65.5 Å². The van der Waals surface area contributed by atoms with E-state index >= 15 is 0 Å². The summed E-state index contributed by atoms with van der Waals surface area (Å²) in [6.45, 7) is 5.95. The molecule has 2 amide bonds. The number of amides is 2. The highest BCUT2D eigenvalue weighted by Gasteiger charge is 2.38. The number of halogens is 1. The van der Waals surface area contributed by atoms with Gasteiger partial charge < -0.3 is 15.3 Å². The number of pyridine rings is 1. The lowest BCUT2D eigenvalue weighted by molar-refractivity contribution is 0.0117. The van der Waals surface area contributed by atoms with Crippen LogP contribution in [0.4, 0.5) is 10.5 Å². The first-order valence-electron chi connectivity index (χ1n) is 6.71. The molecule has 6 heteroatoms. The Kier molecular flexibility index (Phi) is 4.20. The predicted molar refractivity (Wildman–Crippen MR) is 79.0 cm³/mol. The summed E-state index contributed by atoms with van der Waals surface area (Å²) >= 11 is 5.86. The van der Waals surface area contributed by atoms with Gasteiger partial charge in [0.05, 0.1) is 23.5 Å². The second-order valence-corrected chi connectivity index (χ2v) is 6.12. The van der Waals surface area contributed by atoms with Gasteiger partial charge in [0.15, 0.2) is 0 Å². The third-order valence-electron chi connectivity index (χ3n) is 3.59. The summed E-state index contributed by atoms with van der Waals surface area (Å²) in [5.41, 5.74) is 0.519. The average molecular weight is 298 g/mol. The van der Waals surface area contributed by atoms with Gasteiger partial charge >= 0.3 is 6.03 Å². The fourth-order valence-electron chi connectivity index (χ4n) is 2.57. The zero-order valence-corrected chi connectivity index (χ0v) is 12.7. The molecular formula is C14H20ClN3O2. The number of aromatic nitrogens is 1. The van der Waals surface area contributed by atoms with Crippen molar-refractivity contribution in [3.05, 3.63) is 23.0 Å². The van der Waals surface area contributed by atoms with Gasteiger partial charge in [-0.05, 0) is 45.2 Å². The van der Waals surface area contributed by atoms with Crippen molar-refractivity contribution in [3.63, 3.8) is 0 Å². The number of nitrogens with one attached hydrogen (secondary N) is 1. The number of urea groups is 1. The van der Waals surface area contributed by atoms with Crippen molar-refractivity contribution in [3.8, 4) is 0 Å². The number of aryl methyl sites for hydroxylation is 1. The molecule has 1 atom stereocenters. The lowest BCUT2D eigenvalue weighted by Gasteiger charge is -2.33. The van der Waals surface area contributed by atoms with Gasteiger partial charge in [-0.25, -0.2) is 9.78 Å². The molecule has 1 aromatic heterocycles. The van der Waals surface area contributed by atoms with E-state index in [9.17, 15) is 9.90 Å². The van der Waals surface area contributed by atoms with Gasteiger partial charge in [-0.2, -0.15) is 0 Å². The second-order valence-electron chi connectivity index (χ2n) is 5.77. The summed E-state index contributed by atoms with van der Waals surface area (Å²) in [6.07, 6.45) is 3.25. The molecule has 0 saturated carbocycles. The number of rotatable bonds is 2. The fourth-order valence-corrected chi connectivity index (χ4v) is 2.67. The summed E-state index contributed by atoms with van der Waals surface area (Å²) in [5.74, 6) is 0. The normalized spacial score (nSPS) is 19.2. The first kappa shape index (κ1) is 15.1. The van der Waals surface area contributed by atoms with Crippen LogP contribution in [0.2, 0.25) is 5.15 Å². The maximum Gasteiger partial charge on any atom is 0.322 e. The Balaban J connectivity index is 2.09.